The molecule has 7 nitrogen and oxygen atoms in total. The summed E-state index contributed by atoms with van der Waals surface area (Å²) in [6, 6.07) is -1.28. The Morgan fingerprint density at radius 1 is 1.20 bits per heavy atom. The van der Waals surface area contributed by atoms with Crippen molar-refractivity contribution in [3.8, 4) is 0 Å². The van der Waals surface area contributed by atoms with Crippen LogP contribution in [0.4, 0.5) is 0 Å². The number of carbonyl (C=O) groups excluding carboxylic acids is 2. The zero-order chi connectivity index (χ0) is 14.7. The third-order valence-corrected chi connectivity index (χ3v) is 3.83. The average Bonchev–Trinajstić information content (AvgIpc) is 3.28. The monoisotopic (exact) mass is 284 g/mol. The molecule has 2 aliphatic rings. The minimum Gasteiger partial charge on any atom is -0.480 e. The Morgan fingerprint density at radius 3 is 2.45 bits per heavy atom. The van der Waals surface area contributed by atoms with Gasteiger partial charge in [-0.1, -0.05) is 0 Å². The van der Waals surface area contributed by atoms with Crippen LogP contribution in [0.25, 0.3) is 0 Å². The van der Waals surface area contributed by atoms with Crippen LogP contribution in [0.1, 0.15) is 25.7 Å². The van der Waals surface area contributed by atoms with Gasteiger partial charge in [-0.25, -0.2) is 4.79 Å². The van der Waals surface area contributed by atoms with Crippen LogP contribution in [0.3, 0.4) is 0 Å². The number of nitrogens with zero attached hydrogens (tertiary/aromatic N) is 1. The Balaban J connectivity index is 1.89. The molecule has 2 atom stereocenters. The summed E-state index contributed by atoms with van der Waals surface area (Å²) in [5.74, 6) is -1.82. The number of piperidine rings is 1. The number of nitrogens with one attached hydrogen (secondary N) is 1. The predicted octanol–water partition coefficient (Wildman–Crippen LogP) is -0.803. The van der Waals surface area contributed by atoms with Crippen molar-refractivity contribution in [2.45, 2.75) is 31.7 Å². The zero-order valence-corrected chi connectivity index (χ0v) is 11.2. The van der Waals surface area contributed by atoms with Crippen LogP contribution in [-0.2, 0) is 14.4 Å². The molecule has 0 aromatic rings. The van der Waals surface area contributed by atoms with E-state index < -0.39 is 24.5 Å². The Hall–Kier alpha value is -1.63. The number of aliphatic hydroxyl groups is 1. The summed E-state index contributed by atoms with van der Waals surface area (Å²) in [7, 11) is 0. The molecule has 0 bridgehead atoms. The van der Waals surface area contributed by atoms with Crippen LogP contribution < -0.4 is 5.32 Å². The van der Waals surface area contributed by atoms with Gasteiger partial charge in [-0.15, -0.1) is 0 Å². The number of carboxylic acids is 1. The molecule has 3 N–H and O–H groups in total. The average molecular weight is 284 g/mol. The van der Waals surface area contributed by atoms with Gasteiger partial charge < -0.3 is 20.4 Å². The summed E-state index contributed by atoms with van der Waals surface area (Å²) in [6.45, 7) is 0.374. The maximum atomic E-state index is 12.0. The fourth-order valence-corrected chi connectivity index (χ4v) is 2.45. The van der Waals surface area contributed by atoms with E-state index in [2.05, 4.69) is 5.32 Å². The molecule has 1 unspecified atom stereocenters. The third kappa shape index (κ3) is 3.47. The summed E-state index contributed by atoms with van der Waals surface area (Å²) >= 11 is 0. The van der Waals surface area contributed by atoms with Crippen molar-refractivity contribution in [3.63, 3.8) is 0 Å². The van der Waals surface area contributed by atoms with Crippen LogP contribution in [0.2, 0.25) is 0 Å². The van der Waals surface area contributed by atoms with Crippen LogP contribution >= 0.6 is 0 Å². The van der Waals surface area contributed by atoms with Gasteiger partial charge in [0.15, 0.2) is 0 Å². The van der Waals surface area contributed by atoms with Gasteiger partial charge in [-0.2, -0.15) is 0 Å². The lowest BCUT2D eigenvalue weighted by Gasteiger charge is -2.32. The number of aliphatic carboxylic acids is 1. The van der Waals surface area contributed by atoms with Crippen molar-refractivity contribution >= 4 is 17.8 Å². The Kier molecular flexibility index (Phi) is 4.59. The Bertz CT molecular complexity index is 408. The minimum atomic E-state index is -1.28. The molecule has 2 rings (SSSR count). The second-order valence-corrected chi connectivity index (χ2v) is 5.48. The largest absolute Gasteiger partial charge is 0.480 e. The fraction of sp³-hybridized carbons (Fsp3) is 0.769. The van der Waals surface area contributed by atoms with E-state index in [9.17, 15) is 14.4 Å². The van der Waals surface area contributed by atoms with Crippen molar-refractivity contribution in [2.24, 2.45) is 11.8 Å². The summed E-state index contributed by atoms with van der Waals surface area (Å²) in [6.07, 6.45) is 3.24. The van der Waals surface area contributed by atoms with Crippen molar-refractivity contribution in [3.05, 3.63) is 0 Å². The number of likely N-dealkylation sites (tertiary alicyclic amines) is 1. The Morgan fingerprint density at radius 2 is 1.90 bits per heavy atom. The zero-order valence-electron chi connectivity index (χ0n) is 11.2. The molecule has 2 amide bonds. The van der Waals surface area contributed by atoms with Crippen LogP contribution in [0.5, 0.6) is 0 Å². The molecule has 1 aliphatic carbocycles. The molecule has 20 heavy (non-hydrogen) atoms. The van der Waals surface area contributed by atoms with Crippen molar-refractivity contribution < 1.29 is 24.6 Å². The summed E-state index contributed by atoms with van der Waals surface area (Å²) in [5.41, 5.74) is 0. The van der Waals surface area contributed by atoms with E-state index in [1.165, 1.54) is 0 Å². The van der Waals surface area contributed by atoms with E-state index >= 15 is 0 Å². The lowest BCUT2D eigenvalue weighted by Crippen LogP contribution is -2.50. The highest BCUT2D eigenvalue weighted by Crippen LogP contribution is 2.32. The van der Waals surface area contributed by atoms with E-state index in [4.69, 9.17) is 10.2 Å². The van der Waals surface area contributed by atoms with Gasteiger partial charge >= 0.3 is 5.97 Å². The first-order chi connectivity index (χ1) is 9.52. The second kappa shape index (κ2) is 6.21. The van der Waals surface area contributed by atoms with Crippen molar-refractivity contribution in [2.75, 3.05) is 19.7 Å². The van der Waals surface area contributed by atoms with Crippen molar-refractivity contribution in [1.29, 1.82) is 0 Å². The molecule has 0 spiro atoms. The normalized spacial score (nSPS) is 24.1. The summed E-state index contributed by atoms with van der Waals surface area (Å²) in [5, 5.41) is 20.0. The summed E-state index contributed by atoms with van der Waals surface area (Å²) in [4.78, 5) is 36.5. The highest BCUT2D eigenvalue weighted by atomic mass is 16.4. The van der Waals surface area contributed by atoms with Gasteiger partial charge in [0.25, 0.3) is 0 Å². The van der Waals surface area contributed by atoms with Crippen LogP contribution in [0.15, 0.2) is 0 Å². The minimum absolute atomic E-state index is 0.111. The fourth-order valence-electron chi connectivity index (χ4n) is 2.45. The molecule has 1 saturated carbocycles. The molecule has 1 aliphatic heterocycles. The highest BCUT2D eigenvalue weighted by molar-refractivity contribution is 5.86. The van der Waals surface area contributed by atoms with Crippen molar-refractivity contribution in [1.82, 2.24) is 10.2 Å². The lowest BCUT2D eigenvalue weighted by atomic mass is 9.96. The van der Waals surface area contributed by atoms with Crippen LogP contribution in [-0.4, -0.2) is 58.6 Å². The third-order valence-electron chi connectivity index (χ3n) is 3.83. The molecule has 0 aromatic heterocycles. The van der Waals surface area contributed by atoms with E-state index in [0.717, 1.165) is 19.3 Å². The molecule has 1 saturated heterocycles. The number of hydrogen-bond donors (Lipinski definition) is 3. The van der Waals surface area contributed by atoms with E-state index in [1.807, 2.05) is 0 Å². The van der Waals surface area contributed by atoms with Crippen LogP contribution in [0, 0.1) is 11.8 Å². The lowest BCUT2D eigenvalue weighted by molar-refractivity contribution is -0.145. The van der Waals surface area contributed by atoms with Gasteiger partial charge in [-0.3, -0.25) is 9.59 Å². The van der Waals surface area contributed by atoms with Gasteiger partial charge in [0.1, 0.15) is 6.04 Å². The maximum Gasteiger partial charge on any atom is 0.328 e. The first-order valence-corrected chi connectivity index (χ1v) is 6.95. The molecular weight excluding hydrogens is 264 g/mol. The molecule has 0 radical (unpaired) electrons. The second-order valence-electron chi connectivity index (χ2n) is 5.48. The predicted molar refractivity (Wildman–Crippen MR) is 68.7 cm³/mol. The number of hydrogen-bond acceptors (Lipinski definition) is 4. The number of amides is 2. The van der Waals surface area contributed by atoms with E-state index in [-0.39, 0.29) is 17.7 Å². The SMILES string of the molecule is O=C(N[C@H](CO)C(=O)O)C1CCCN(C(=O)C2CC2)C1. The molecular formula is C13H20N2O5. The number of rotatable bonds is 5. The smallest absolute Gasteiger partial charge is 0.328 e. The van der Waals surface area contributed by atoms with Gasteiger partial charge in [-0.05, 0) is 25.7 Å². The Labute approximate surface area is 116 Å². The topological polar surface area (TPSA) is 107 Å². The number of aliphatic hydroxyl groups excluding tert-OH is 1. The quantitative estimate of drug-likeness (QED) is 0.612. The van der Waals surface area contributed by atoms with E-state index in [1.54, 1.807) is 4.90 Å². The molecule has 112 valence electrons. The van der Waals surface area contributed by atoms with Gasteiger partial charge in [0.05, 0.1) is 12.5 Å². The number of carbonyl (C=O) groups is 3. The first-order valence-electron chi connectivity index (χ1n) is 6.95. The first kappa shape index (κ1) is 14.8. The molecule has 0 aromatic carbocycles. The summed E-state index contributed by atoms with van der Waals surface area (Å²) < 4.78 is 0. The van der Waals surface area contributed by atoms with Gasteiger partial charge in [0, 0.05) is 19.0 Å². The maximum absolute atomic E-state index is 12.0. The van der Waals surface area contributed by atoms with E-state index in [0.29, 0.717) is 19.5 Å². The molecule has 1 heterocycles. The molecule has 2 fully saturated rings. The standard InChI is InChI=1S/C13H20N2O5/c16-7-10(13(19)20)14-11(17)9-2-1-5-15(6-9)12(18)8-3-4-8/h8-10,16H,1-7H2,(H,14,17)(H,19,20)/t9?,10-/m1/s1. The van der Waals surface area contributed by atoms with Gasteiger partial charge in [0.2, 0.25) is 11.8 Å². The number of carboxylic acid groups (broad SMARTS) is 1. The molecule has 7 heteroatoms. The highest BCUT2D eigenvalue weighted by Gasteiger charge is 2.37.